The van der Waals surface area contributed by atoms with Crippen LogP contribution in [0, 0.1) is 5.41 Å². The molecule has 0 aliphatic rings. The summed E-state index contributed by atoms with van der Waals surface area (Å²) in [6.07, 6.45) is 3.79. The molecule has 4 nitrogen and oxygen atoms in total. The van der Waals surface area contributed by atoms with Gasteiger partial charge in [-0.1, -0.05) is 26.7 Å². The highest BCUT2D eigenvalue weighted by Crippen LogP contribution is 2.32. The first kappa shape index (κ1) is 19.4. The fraction of sp³-hybridized carbons (Fsp3) is 0.938. The van der Waals surface area contributed by atoms with Crippen molar-refractivity contribution < 1.29 is 4.79 Å². The van der Waals surface area contributed by atoms with Gasteiger partial charge in [0.1, 0.15) is 0 Å². The summed E-state index contributed by atoms with van der Waals surface area (Å²) in [6.45, 7) is 10.5. The van der Waals surface area contributed by atoms with Gasteiger partial charge in [-0.05, 0) is 40.8 Å². The van der Waals surface area contributed by atoms with Crippen LogP contribution in [0.4, 0.5) is 0 Å². The van der Waals surface area contributed by atoms with Crippen LogP contribution in [0.25, 0.3) is 0 Å². The van der Waals surface area contributed by atoms with Crippen LogP contribution in [0.2, 0.25) is 0 Å². The maximum absolute atomic E-state index is 13.1. The summed E-state index contributed by atoms with van der Waals surface area (Å²) >= 11 is 0. The summed E-state index contributed by atoms with van der Waals surface area (Å²) in [4.78, 5) is 17.2. The molecule has 1 atom stereocenters. The largest absolute Gasteiger partial charge is 0.338 e. The van der Waals surface area contributed by atoms with Crippen LogP contribution in [0.5, 0.6) is 0 Å². The van der Waals surface area contributed by atoms with Gasteiger partial charge in [-0.2, -0.15) is 0 Å². The smallest absolute Gasteiger partial charge is 0.230 e. The Labute approximate surface area is 125 Å². The summed E-state index contributed by atoms with van der Waals surface area (Å²) in [5.74, 6) is 0.251. The molecule has 2 N–H and O–H groups in total. The second kappa shape index (κ2) is 9.35. The number of carbonyl (C=O) groups excluding carboxylic acids is 1. The van der Waals surface area contributed by atoms with E-state index in [0.29, 0.717) is 6.54 Å². The first-order chi connectivity index (χ1) is 9.38. The van der Waals surface area contributed by atoms with Crippen LogP contribution in [0.1, 0.15) is 53.4 Å². The number of amides is 1. The first-order valence-corrected chi connectivity index (χ1v) is 8.04. The van der Waals surface area contributed by atoms with E-state index < -0.39 is 0 Å². The number of hydrogen-bond acceptors (Lipinski definition) is 3. The van der Waals surface area contributed by atoms with Crippen LogP contribution in [-0.2, 0) is 4.79 Å². The minimum absolute atomic E-state index is 0.224. The molecule has 1 unspecified atom stereocenters. The predicted molar refractivity (Wildman–Crippen MR) is 86.7 cm³/mol. The van der Waals surface area contributed by atoms with Gasteiger partial charge in [0.15, 0.2) is 0 Å². The average molecular weight is 285 g/mol. The van der Waals surface area contributed by atoms with Crippen LogP contribution in [-0.4, -0.2) is 55.5 Å². The summed E-state index contributed by atoms with van der Waals surface area (Å²) in [5, 5.41) is 0. The summed E-state index contributed by atoms with van der Waals surface area (Å²) in [5.41, 5.74) is 5.66. The van der Waals surface area contributed by atoms with Crippen molar-refractivity contribution in [3.05, 3.63) is 0 Å². The molecule has 4 heteroatoms. The van der Waals surface area contributed by atoms with E-state index in [0.717, 1.165) is 38.8 Å². The molecule has 0 heterocycles. The molecule has 0 aliphatic carbocycles. The van der Waals surface area contributed by atoms with Gasteiger partial charge in [0, 0.05) is 25.7 Å². The molecule has 0 aromatic carbocycles. The lowest BCUT2D eigenvalue weighted by Crippen LogP contribution is -2.53. The lowest BCUT2D eigenvalue weighted by Gasteiger charge is -2.39. The lowest BCUT2D eigenvalue weighted by atomic mass is 9.77. The van der Waals surface area contributed by atoms with Crippen molar-refractivity contribution in [3.8, 4) is 0 Å². The molecule has 0 fully saturated rings. The normalized spacial score (nSPS) is 13.6. The van der Waals surface area contributed by atoms with E-state index in [4.69, 9.17) is 5.73 Å². The molecule has 0 aromatic heterocycles. The van der Waals surface area contributed by atoms with E-state index in [-0.39, 0.29) is 17.4 Å². The third-order valence-corrected chi connectivity index (χ3v) is 4.06. The van der Waals surface area contributed by atoms with Crippen molar-refractivity contribution in [2.45, 2.75) is 59.4 Å². The van der Waals surface area contributed by atoms with Gasteiger partial charge in [-0.15, -0.1) is 0 Å². The molecular weight excluding hydrogens is 250 g/mol. The summed E-state index contributed by atoms with van der Waals surface area (Å²) in [7, 11) is 4.09. The van der Waals surface area contributed by atoms with E-state index in [9.17, 15) is 4.79 Å². The third kappa shape index (κ3) is 5.06. The molecule has 0 saturated heterocycles. The number of carbonyl (C=O) groups is 1. The second-order valence-corrected chi connectivity index (χ2v) is 6.19. The minimum atomic E-state index is -0.361. The van der Waals surface area contributed by atoms with Crippen molar-refractivity contribution in [1.82, 2.24) is 9.80 Å². The van der Waals surface area contributed by atoms with Gasteiger partial charge >= 0.3 is 0 Å². The first-order valence-electron chi connectivity index (χ1n) is 8.04. The van der Waals surface area contributed by atoms with Crippen molar-refractivity contribution in [1.29, 1.82) is 0 Å². The van der Waals surface area contributed by atoms with Gasteiger partial charge in [0.2, 0.25) is 5.91 Å². The maximum Gasteiger partial charge on any atom is 0.230 e. The standard InChI is InChI=1S/C16H35N3O/c1-7-10-16(13-17,11-8-2)15(20)19(9-3)14(4)12-18(5)6/h14H,7-13,17H2,1-6H3. The van der Waals surface area contributed by atoms with Crippen LogP contribution in [0.3, 0.4) is 0 Å². The minimum Gasteiger partial charge on any atom is -0.338 e. The van der Waals surface area contributed by atoms with E-state index in [1.165, 1.54) is 0 Å². The monoisotopic (exact) mass is 285 g/mol. The van der Waals surface area contributed by atoms with Crippen molar-refractivity contribution in [3.63, 3.8) is 0 Å². The fourth-order valence-corrected chi connectivity index (χ4v) is 3.17. The Balaban J connectivity index is 5.17. The van der Waals surface area contributed by atoms with Gasteiger partial charge in [-0.3, -0.25) is 4.79 Å². The van der Waals surface area contributed by atoms with Gasteiger partial charge in [-0.25, -0.2) is 0 Å². The zero-order chi connectivity index (χ0) is 15.8. The van der Waals surface area contributed by atoms with E-state index in [2.05, 4.69) is 32.6 Å². The highest BCUT2D eigenvalue weighted by molar-refractivity contribution is 5.83. The Morgan fingerprint density at radius 2 is 1.65 bits per heavy atom. The molecule has 0 spiro atoms. The Hall–Kier alpha value is -0.610. The van der Waals surface area contributed by atoms with E-state index in [1.807, 2.05) is 19.0 Å². The number of rotatable bonds is 10. The molecular formula is C16H35N3O. The van der Waals surface area contributed by atoms with Crippen LogP contribution in [0.15, 0.2) is 0 Å². The molecule has 0 rings (SSSR count). The molecule has 0 aromatic rings. The number of likely N-dealkylation sites (N-methyl/N-ethyl adjacent to an activating group) is 2. The Kier molecular flexibility index (Phi) is 9.06. The van der Waals surface area contributed by atoms with E-state index >= 15 is 0 Å². The Morgan fingerprint density at radius 1 is 1.15 bits per heavy atom. The van der Waals surface area contributed by atoms with Crippen molar-refractivity contribution in [2.75, 3.05) is 33.7 Å². The molecule has 1 amide bonds. The molecule has 0 aliphatic heterocycles. The lowest BCUT2D eigenvalue weighted by molar-refractivity contribution is -0.145. The van der Waals surface area contributed by atoms with Crippen molar-refractivity contribution in [2.24, 2.45) is 11.1 Å². The number of nitrogens with two attached hydrogens (primary N) is 1. The molecule has 20 heavy (non-hydrogen) atoms. The van der Waals surface area contributed by atoms with Crippen LogP contribution < -0.4 is 5.73 Å². The SMILES string of the molecule is CCCC(CN)(CCC)C(=O)N(CC)C(C)CN(C)C. The third-order valence-electron chi connectivity index (χ3n) is 4.06. The van der Waals surface area contributed by atoms with Gasteiger partial charge in [0.05, 0.1) is 5.41 Å². The number of nitrogens with zero attached hydrogens (tertiary/aromatic N) is 2. The van der Waals surface area contributed by atoms with Crippen LogP contribution >= 0.6 is 0 Å². The topological polar surface area (TPSA) is 49.6 Å². The van der Waals surface area contributed by atoms with Crippen molar-refractivity contribution >= 4 is 5.91 Å². The zero-order valence-corrected chi connectivity index (χ0v) is 14.4. The Bertz CT molecular complexity index is 273. The molecule has 120 valence electrons. The number of hydrogen-bond donors (Lipinski definition) is 1. The molecule has 0 radical (unpaired) electrons. The maximum atomic E-state index is 13.1. The summed E-state index contributed by atoms with van der Waals surface area (Å²) < 4.78 is 0. The fourth-order valence-electron chi connectivity index (χ4n) is 3.17. The molecule has 0 saturated carbocycles. The van der Waals surface area contributed by atoms with E-state index in [1.54, 1.807) is 0 Å². The highest BCUT2D eigenvalue weighted by Gasteiger charge is 2.39. The Morgan fingerprint density at radius 3 is 1.95 bits per heavy atom. The second-order valence-electron chi connectivity index (χ2n) is 6.19. The zero-order valence-electron chi connectivity index (χ0n) is 14.4. The summed E-state index contributed by atoms with van der Waals surface area (Å²) in [6, 6.07) is 0.224. The van der Waals surface area contributed by atoms with Gasteiger partial charge < -0.3 is 15.5 Å². The predicted octanol–water partition coefficient (Wildman–Crippen LogP) is 2.33. The highest BCUT2D eigenvalue weighted by atomic mass is 16.2. The average Bonchev–Trinajstić information content (AvgIpc) is 2.38. The van der Waals surface area contributed by atoms with Gasteiger partial charge in [0.25, 0.3) is 0 Å². The molecule has 0 bridgehead atoms. The quantitative estimate of drug-likeness (QED) is 0.670.